The van der Waals surface area contributed by atoms with E-state index in [1.807, 2.05) is 21.1 Å². The maximum absolute atomic E-state index is 13.1. The molecule has 0 radical (unpaired) electrons. The van der Waals surface area contributed by atoms with Crippen molar-refractivity contribution in [2.24, 2.45) is 0 Å². The minimum atomic E-state index is -4.33. The van der Waals surface area contributed by atoms with Crippen molar-refractivity contribution in [2.45, 2.75) is 424 Å². The average molecular weight is 1180 g/mol. The quantitative estimate of drug-likeness (QED) is 0.0318. The van der Waals surface area contributed by atoms with E-state index < -0.39 is 20.0 Å². The normalized spacial score (nSPS) is 13.5. The highest BCUT2D eigenvalue weighted by molar-refractivity contribution is 7.47. The molecule has 0 aliphatic rings. The maximum atomic E-state index is 13.1. The second-order valence-electron chi connectivity index (χ2n) is 27.4. The van der Waals surface area contributed by atoms with E-state index in [0.717, 1.165) is 38.5 Å². The van der Waals surface area contributed by atoms with Gasteiger partial charge in [-0.3, -0.25) is 13.8 Å². The number of aliphatic hydroxyl groups excluding tert-OH is 1. The fourth-order valence-electron chi connectivity index (χ4n) is 12.1. The zero-order valence-corrected chi connectivity index (χ0v) is 57.4. The van der Waals surface area contributed by atoms with Crippen LogP contribution in [0.1, 0.15) is 412 Å². The first-order valence-corrected chi connectivity index (χ1v) is 38.9. The predicted molar refractivity (Wildman–Crippen MR) is 360 cm³/mol. The lowest BCUT2D eigenvalue weighted by atomic mass is 10.0. The van der Waals surface area contributed by atoms with Gasteiger partial charge in [-0.2, -0.15) is 0 Å². The van der Waals surface area contributed by atoms with Gasteiger partial charge in [0.05, 0.1) is 39.9 Å². The van der Waals surface area contributed by atoms with Crippen LogP contribution in [0, 0.1) is 0 Å². The molecule has 3 atom stereocenters. The number of carbonyl (C=O) groups is 1. The topological polar surface area (TPSA) is 105 Å². The first kappa shape index (κ1) is 81.5. The Hall–Kier alpha value is -0.500. The number of amides is 1. The van der Waals surface area contributed by atoms with Crippen LogP contribution >= 0.6 is 7.82 Å². The highest BCUT2D eigenvalue weighted by Crippen LogP contribution is 2.43. The van der Waals surface area contributed by atoms with E-state index >= 15 is 0 Å². The van der Waals surface area contributed by atoms with Crippen LogP contribution < -0.4 is 5.32 Å². The number of nitrogens with zero attached hydrogens (tertiary/aromatic N) is 1. The number of nitrogens with one attached hydrogen (secondary N) is 1. The highest BCUT2D eigenvalue weighted by Gasteiger charge is 2.28. The minimum absolute atomic E-state index is 0.0795. The van der Waals surface area contributed by atoms with E-state index in [1.165, 1.54) is 347 Å². The molecule has 3 N–H and O–H groups in total. The van der Waals surface area contributed by atoms with E-state index in [0.29, 0.717) is 23.9 Å². The number of likely N-dealkylation sites (N-methyl/N-ethyl adjacent to an activating group) is 1. The molecule has 0 fully saturated rings. The molecule has 0 heterocycles. The molecule has 8 nitrogen and oxygen atoms in total. The first-order valence-electron chi connectivity index (χ1n) is 37.4. The molecular formula is C73H150N2O6P+. The Labute approximate surface area is 514 Å². The van der Waals surface area contributed by atoms with Gasteiger partial charge in [0, 0.05) is 6.42 Å². The third-order valence-electron chi connectivity index (χ3n) is 17.9. The summed E-state index contributed by atoms with van der Waals surface area (Å²) in [6, 6.07) is -0.757. The van der Waals surface area contributed by atoms with Crippen LogP contribution in [0.15, 0.2) is 0 Å². The van der Waals surface area contributed by atoms with Crippen molar-refractivity contribution in [3.63, 3.8) is 0 Å². The Balaban J connectivity index is 3.87. The van der Waals surface area contributed by atoms with Crippen molar-refractivity contribution < 1.29 is 32.9 Å². The number of quaternary nitrogens is 1. The summed E-state index contributed by atoms with van der Waals surface area (Å²) >= 11 is 0. The Kier molecular flexibility index (Phi) is 64.6. The van der Waals surface area contributed by atoms with Gasteiger partial charge in [0.2, 0.25) is 5.91 Å². The van der Waals surface area contributed by atoms with E-state index in [4.69, 9.17) is 9.05 Å². The summed E-state index contributed by atoms with van der Waals surface area (Å²) in [7, 11) is 1.64. The smallest absolute Gasteiger partial charge is 0.391 e. The zero-order valence-electron chi connectivity index (χ0n) is 56.5. The van der Waals surface area contributed by atoms with Gasteiger partial charge in [0.15, 0.2) is 0 Å². The van der Waals surface area contributed by atoms with Crippen LogP contribution in [0.2, 0.25) is 0 Å². The third kappa shape index (κ3) is 67.0. The maximum Gasteiger partial charge on any atom is 0.472 e. The van der Waals surface area contributed by atoms with Crippen molar-refractivity contribution in [3.8, 4) is 0 Å². The van der Waals surface area contributed by atoms with E-state index in [2.05, 4.69) is 19.2 Å². The van der Waals surface area contributed by atoms with Crippen LogP contribution in [0.3, 0.4) is 0 Å². The number of phosphoric acid groups is 1. The standard InChI is InChI=1S/C73H149N2O6P/c1-6-8-10-12-14-16-18-20-22-24-26-28-30-31-32-33-34-35-36-37-38-39-40-41-42-43-44-45-47-49-51-53-55-57-59-61-63-65-67-73(77)74-71(70-81-82(78,79)80-69-68-75(3,4)5)72(76)66-64-62-60-58-56-54-52-50-48-46-29-27-25-23-21-19-17-15-13-11-9-7-2/h71-72,76H,6-70H2,1-5H3,(H-,74,77,78,79)/p+1. The second-order valence-corrected chi connectivity index (χ2v) is 28.9. The monoisotopic (exact) mass is 1180 g/mol. The summed E-state index contributed by atoms with van der Waals surface area (Å²) in [4.78, 5) is 23.5. The number of aliphatic hydroxyl groups is 1. The summed E-state index contributed by atoms with van der Waals surface area (Å²) in [6.45, 7) is 4.97. The number of unbranched alkanes of at least 4 members (excludes halogenated alkanes) is 58. The third-order valence-corrected chi connectivity index (χ3v) is 18.8. The van der Waals surface area contributed by atoms with Gasteiger partial charge < -0.3 is 19.8 Å². The molecule has 0 aromatic heterocycles. The molecule has 1 amide bonds. The molecule has 0 bridgehead atoms. The van der Waals surface area contributed by atoms with E-state index in [9.17, 15) is 19.4 Å². The van der Waals surface area contributed by atoms with Crippen LogP contribution in [0.4, 0.5) is 0 Å². The van der Waals surface area contributed by atoms with Crippen molar-refractivity contribution >= 4 is 13.7 Å². The summed E-state index contributed by atoms with van der Waals surface area (Å²) in [5, 5.41) is 14.2. The highest BCUT2D eigenvalue weighted by atomic mass is 31.2. The Morgan fingerprint density at radius 3 is 0.817 bits per heavy atom. The van der Waals surface area contributed by atoms with Crippen LogP contribution in [0.25, 0.3) is 0 Å². The lowest BCUT2D eigenvalue weighted by molar-refractivity contribution is -0.870. The molecule has 492 valence electrons. The molecule has 0 spiro atoms. The number of carbonyl (C=O) groups excluding carboxylic acids is 1. The van der Waals surface area contributed by atoms with Gasteiger partial charge in [-0.1, -0.05) is 393 Å². The molecule has 3 unspecified atom stereocenters. The number of hydrogen-bond donors (Lipinski definition) is 3. The van der Waals surface area contributed by atoms with Crippen molar-refractivity contribution in [2.75, 3.05) is 40.9 Å². The Morgan fingerprint density at radius 1 is 0.366 bits per heavy atom. The van der Waals surface area contributed by atoms with E-state index in [-0.39, 0.29) is 19.1 Å². The average Bonchev–Trinajstić information content (AvgIpc) is 3.47. The lowest BCUT2D eigenvalue weighted by Gasteiger charge is -2.26. The molecule has 0 rings (SSSR count). The minimum Gasteiger partial charge on any atom is -0.391 e. The molecule has 9 heteroatoms. The van der Waals surface area contributed by atoms with Gasteiger partial charge in [-0.05, 0) is 12.8 Å². The number of hydrogen-bond acceptors (Lipinski definition) is 5. The van der Waals surface area contributed by atoms with E-state index in [1.54, 1.807) is 0 Å². The Morgan fingerprint density at radius 2 is 0.585 bits per heavy atom. The molecule has 0 saturated carbocycles. The fourth-order valence-corrected chi connectivity index (χ4v) is 12.8. The van der Waals surface area contributed by atoms with Crippen LogP contribution in [0.5, 0.6) is 0 Å². The summed E-state index contributed by atoms with van der Waals surface area (Å²) in [6.07, 6.45) is 82.4. The van der Waals surface area contributed by atoms with Gasteiger partial charge in [-0.25, -0.2) is 4.57 Å². The molecule has 0 aromatic carbocycles. The lowest BCUT2D eigenvalue weighted by Crippen LogP contribution is -2.46. The molecule has 82 heavy (non-hydrogen) atoms. The van der Waals surface area contributed by atoms with Gasteiger partial charge in [-0.15, -0.1) is 0 Å². The SMILES string of the molecule is CCCCCCCCCCCCCCCCCCCCCCCCCCCCCCCCCCCCCCCCC(=O)NC(COP(=O)(O)OCC[N+](C)(C)C)C(O)CCCCCCCCCCCCCCCCCCCCCCCC. The molecule has 0 aliphatic heterocycles. The predicted octanol–water partition coefficient (Wildman–Crippen LogP) is 23.9. The van der Waals surface area contributed by atoms with Gasteiger partial charge in [0.25, 0.3) is 0 Å². The summed E-state index contributed by atoms with van der Waals surface area (Å²) in [5.41, 5.74) is 0. The largest absolute Gasteiger partial charge is 0.472 e. The summed E-state index contributed by atoms with van der Waals surface area (Å²) in [5.74, 6) is -0.133. The fraction of sp³-hybridized carbons (Fsp3) is 0.986. The molecule has 0 aromatic rings. The van der Waals surface area contributed by atoms with Crippen molar-refractivity contribution in [1.29, 1.82) is 0 Å². The molecule has 0 aliphatic carbocycles. The number of phosphoric ester groups is 1. The van der Waals surface area contributed by atoms with Crippen molar-refractivity contribution in [3.05, 3.63) is 0 Å². The molecular weight excluding hydrogens is 1030 g/mol. The number of rotatable bonds is 71. The van der Waals surface area contributed by atoms with Crippen LogP contribution in [-0.4, -0.2) is 73.4 Å². The van der Waals surface area contributed by atoms with Crippen LogP contribution in [-0.2, 0) is 18.4 Å². The van der Waals surface area contributed by atoms with Crippen molar-refractivity contribution in [1.82, 2.24) is 5.32 Å². The van der Waals surface area contributed by atoms with Gasteiger partial charge in [0.1, 0.15) is 13.2 Å². The summed E-state index contributed by atoms with van der Waals surface area (Å²) < 4.78 is 23.9. The Bertz CT molecular complexity index is 1300. The first-order chi connectivity index (χ1) is 40.0. The zero-order chi connectivity index (χ0) is 59.8. The van der Waals surface area contributed by atoms with Gasteiger partial charge >= 0.3 is 7.82 Å². The second kappa shape index (κ2) is 65.0. The molecule has 0 saturated heterocycles.